The first-order chi connectivity index (χ1) is 9.39. The maximum Gasteiger partial charge on any atom is 0.113 e. The molecule has 1 heterocycles. The van der Waals surface area contributed by atoms with Crippen molar-refractivity contribution in [1.82, 2.24) is 10.3 Å². The molecular weight excluding hydrogens is 332 g/mol. The number of aromatic nitrogens is 1. The van der Waals surface area contributed by atoms with Gasteiger partial charge in [0.2, 0.25) is 0 Å². The molecule has 2 rings (SSSR count). The normalized spacial score (nSPS) is 14.5. The van der Waals surface area contributed by atoms with Crippen LogP contribution in [0.15, 0.2) is 34.1 Å². The van der Waals surface area contributed by atoms with Crippen LogP contribution in [0.25, 0.3) is 0 Å². The molecule has 0 spiro atoms. The van der Waals surface area contributed by atoms with Crippen LogP contribution in [0.1, 0.15) is 37.0 Å². The SMILES string of the molecule is Cc1csc(C(C)(Cc2ccc(Br)cc2)NC(C)C)n1. The Kier molecular flexibility index (Phi) is 4.99. The number of rotatable bonds is 5. The maximum atomic E-state index is 4.70. The van der Waals surface area contributed by atoms with E-state index in [9.17, 15) is 0 Å². The Morgan fingerprint density at radius 1 is 1.30 bits per heavy atom. The molecule has 0 fully saturated rings. The Morgan fingerprint density at radius 3 is 2.45 bits per heavy atom. The first-order valence-corrected chi connectivity index (χ1v) is 8.51. The van der Waals surface area contributed by atoms with E-state index in [2.05, 4.69) is 78.6 Å². The van der Waals surface area contributed by atoms with Crippen LogP contribution < -0.4 is 5.32 Å². The first kappa shape index (κ1) is 15.7. The average molecular weight is 353 g/mol. The van der Waals surface area contributed by atoms with Crippen LogP contribution in [0.4, 0.5) is 0 Å². The Bertz CT molecular complexity index is 562. The van der Waals surface area contributed by atoms with E-state index in [-0.39, 0.29) is 5.54 Å². The van der Waals surface area contributed by atoms with Gasteiger partial charge in [0.25, 0.3) is 0 Å². The molecule has 0 aliphatic heterocycles. The lowest BCUT2D eigenvalue weighted by Gasteiger charge is -2.31. The Balaban J connectivity index is 2.29. The van der Waals surface area contributed by atoms with Crippen molar-refractivity contribution in [2.45, 2.75) is 45.7 Å². The zero-order valence-corrected chi connectivity index (χ0v) is 14.8. The molecule has 0 aliphatic carbocycles. The second-order valence-corrected chi connectivity index (χ2v) is 7.50. The quantitative estimate of drug-likeness (QED) is 0.845. The lowest BCUT2D eigenvalue weighted by Crippen LogP contribution is -2.45. The monoisotopic (exact) mass is 352 g/mol. The highest BCUT2D eigenvalue weighted by molar-refractivity contribution is 9.10. The van der Waals surface area contributed by atoms with Crippen molar-refractivity contribution in [3.63, 3.8) is 0 Å². The summed E-state index contributed by atoms with van der Waals surface area (Å²) in [7, 11) is 0. The van der Waals surface area contributed by atoms with E-state index < -0.39 is 0 Å². The zero-order chi connectivity index (χ0) is 14.8. The van der Waals surface area contributed by atoms with E-state index in [0.29, 0.717) is 6.04 Å². The van der Waals surface area contributed by atoms with Gasteiger partial charge in [0.1, 0.15) is 5.01 Å². The molecule has 0 radical (unpaired) electrons. The van der Waals surface area contributed by atoms with E-state index in [1.165, 1.54) is 5.56 Å². The number of benzene rings is 1. The molecule has 1 atom stereocenters. The molecule has 0 saturated heterocycles. The molecule has 108 valence electrons. The van der Waals surface area contributed by atoms with Crippen LogP contribution in [0.3, 0.4) is 0 Å². The molecule has 0 bridgehead atoms. The molecule has 2 nitrogen and oxygen atoms in total. The van der Waals surface area contributed by atoms with Gasteiger partial charge in [-0.3, -0.25) is 0 Å². The summed E-state index contributed by atoms with van der Waals surface area (Å²) < 4.78 is 1.12. The van der Waals surface area contributed by atoms with Crippen LogP contribution >= 0.6 is 27.3 Å². The van der Waals surface area contributed by atoms with Crippen molar-refractivity contribution in [3.8, 4) is 0 Å². The second-order valence-electron chi connectivity index (χ2n) is 5.73. The van der Waals surface area contributed by atoms with Gasteiger partial charge in [-0.25, -0.2) is 4.98 Å². The summed E-state index contributed by atoms with van der Waals surface area (Å²) in [5, 5.41) is 6.97. The minimum absolute atomic E-state index is 0.124. The van der Waals surface area contributed by atoms with E-state index in [0.717, 1.165) is 21.6 Å². The molecule has 0 amide bonds. The van der Waals surface area contributed by atoms with Crippen molar-refractivity contribution >= 4 is 27.3 Å². The maximum absolute atomic E-state index is 4.70. The molecule has 0 aliphatic rings. The number of hydrogen-bond acceptors (Lipinski definition) is 3. The van der Waals surface area contributed by atoms with Gasteiger partial charge in [0.15, 0.2) is 0 Å². The summed E-state index contributed by atoms with van der Waals surface area (Å²) in [5.41, 5.74) is 2.29. The molecule has 2 aromatic rings. The van der Waals surface area contributed by atoms with Crippen LogP contribution in [0.5, 0.6) is 0 Å². The van der Waals surface area contributed by atoms with Gasteiger partial charge < -0.3 is 5.32 Å². The highest BCUT2D eigenvalue weighted by atomic mass is 79.9. The van der Waals surface area contributed by atoms with Crippen LogP contribution in [-0.4, -0.2) is 11.0 Å². The third-order valence-electron chi connectivity index (χ3n) is 3.17. The van der Waals surface area contributed by atoms with Gasteiger partial charge in [-0.15, -0.1) is 11.3 Å². The smallest absolute Gasteiger partial charge is 0.113 e. The van der Waals surface area contributed by atoms with E-state index in [4.69, 9.17) is 4.98 Å². The number of thiazole rings is 1. The minimum Gasteiger partial charge on any atom is -0.303 e. The van der Waals surface area contributed by atoms with Crippen LogP contribution in [0.2, 0.25) is 0 Å². The molecule has 1 aromatic carbocycles. The van der Waals surface area contributed by atoms with E-state index in [1.54, 1.807) is 11.3 Å². The third kappa shape index (κ3) is 3.90. The fourth-order valence-electron chi connectivity index (χ4n) is 2.44. The van der Waals surface area contributed by atoms with Gasteiger partial charge in [-0.1, -0.05) is 28.1 Å². The summed E-state index contributed by atoms with van der Waals surface area (Å²) in [4.78, 5) is 4.70. The molecule has 1 unspecified atom stereocenters. The summed E-state index contributed by atoms with van der Waals surface area (Å²) in [6.45, 7) is 8.66. The predicted octanol–water partition coefficient (Wildman–Crippen LogP) is 4.67. The summed E-state index contributed by atoms with van der Waals surface area (Å²) in [6, 6.07) is 8.95. The van der Waals surface area contributed by atoms with Crippen LogP contribution in [-0.2, 0) is 12.0 Å². The highest BCUT2D eigenvalue weighted by Gasteiger charge is 2.30. The Hall–Kier alpha value is -0.710. The molecular formula is C16H21BrN2S. The Morgan fingerprint density at radius 2 is 1.95 bits per heavy atom. The zero-order valence-electron chi connectivity index (χ0n) is 12.4. The third-order valence-corrected chi connectivity index (χ3v) is 4.92. The van der Waals surface area contributed by atoms with Crippen molar-refractivity contribution in [1.29, 1.82) is 0 Å². The molecule has 0 saturated carbocycles. The predicted molar refractivity (Wildman–Crippen MR) is 90.3 cm³/mol. The molecule has 20 heavy (non-hydrogen) atoms. The van der Waals surface area contributed by atoms with Gasteiger partial charge in [-0.05, 0) is 51.8 Å². The van der Waals surface area contributed by atoms with Crippen molar-refractivity contribution < 1.29 is 0 Å². The van der Waals surface area contributed by atoms with E-state index in [1.807, 2.05) is 0 Å². The first-order valence-electron chi connectivity index (χ1n) is 6.84. The molecule has 4 heteroatoms. The largest absolute Gasteiger partial charge is 0.303 e. The highest BCUT2D eigenvalue weighted by Crippen LogP contribution is 2.29. The van der Waals surface area contributed by atoms with Gasteiger partial charge >= 0.3 is 0 Å². The summed E-state index contributed by atoms with van der Waals surface area (Å²) in [5.74, 6) is 0. The van der Waals surface area contributed by atoms with Crippen molar-refractivity contribution in [2.75, 3.05) is 0 Å². The molecule has 1 N–H and O–H groups in total. The van der Waals surface area contributed by atoms with Crippen molar-refractivity contribution in [3.05, 3.63) is 50.4 Å². The number of halogens is 1. The Labute approximate surface area is 133 Å². The lowest BCUT2D eigenvalue weighted by atomic mass is 9.92. The second kappa shape index (κ2) is 6.37. The number of nitrogens with one attached hydrogen (secondary N) is 1. The standard InChI is InChI=1S/C16H21BrN2S/c1-11(2)19-16(4,15-18-12(3)10-20-15)9-13-5-7-14(17)8-6-13/h5-8,10-11,19H,9H2,1-4H3. The van der Waals surface area contributed by atoms with Gasteiger partial charge in [0.05, 0.1) is 5.54 Å². The summed E-state index contributed by atoms with van der Waals surface area (Å²) in [6.07, 6.45) is 0.936. The topological polar surface area (TPSA) is 24.9 Å². The van der Waals surface area contributed by atoms with Crippen molar-refractivity contribution in [2.24, 2.45) is 0 Å². The van der Waals surface area contributed by atoms with Gasteiger partial charge in [-0.2, -0.15) is 0 Å². The fourth-order valence-corrected chi connectivity index (χ4v) is 3.63. The fraction of sp³-hybridized carbons (Fsp3) is 0.438. The number of aryl methyl sites for hydroxylation is 1. The average Bonchev–Trinajstić information content (AvgIpc) is 2.79. The molecule has 1 aromatic heterocycles. The number of nitrogens with zero attached hydrogens (tertiary/aromatic N) is 1. The number of hydrogen-bond donors (Lipinski definition) is 1. The summed E-state index contributed by atoms with van der Waals surface area (Å²) >= 11 is 5.23. The lowest BCUT2D eigenvalue weighted by molar-refractivity contribution is 0.330. The minimum atomic E-state index is -0.124. The van der Waals surface area contributed by atoms with Crippen LogP contribution in [0, 0.1) is 6.92 Å². The van der Waals surface area contributed by atoms with E-state index >= 15 is 0 Å². The van der Waals surface area contributed by atoms with Gasteiger partial charge in [0, 0.05) is 21.6 Å².